The minimum absolute atomic E-state index is 0.680. The van der Waals surface area contributed by atoms with Crippen LogP contribution in [0.25, 0.3) is 22.4 Å². The molecule has 0 atom stereocenters. The molecule has 0 radical (unpaired) electrons. The first kappa shape index (κ1) is 18.4. The Hall–Kier alpha value is -2.35. The minimum Gasteiger partial charge on any atom is -0.241 e. The molecule has 0 fully saturated rings. The van der Waals surface area contributed by atoms with Gasteiger partial charge in [0.2, 0.25) is 0 Å². The third-order valence-electron chi connectivity index (χ3n) is 3.93. The zero-order chi connectivity index (χ0) is 18.7. The fourth-order valence-corrected chi connectivity index (χ4v) is 5.88. The Morgan fingerprint density at radius 3 is 2.15 bits per heavy atom. The van der Waals surface area contributed by atoms with Gasteiger partial charge in [-0.05, 0) is 18.6 Å². The van der Waals surface area contributed by atoms with Gasteiger partial charge in [-0.25, -0.2) is 4.98 Å². The monoisotopic (exact) mass is 374 g/mol. The smallest absolute Gasteiger partial charge is 0.116 e. The maximum atomic E-state index is 9.87. The Balaban J connectivity index is 2.25. The summed E-state index contributed by atoms with van der Waals surface area (Å²) in [6, 6.07) is 23.0. The normalized spacial score (nSPS) is 11.2. The van der Waals surface area contributed by atoms with Crippen LogP contribution >= 0.6 is 11.2 Å². The highest BCUT2D eigenvalue weighted by atomic mass is 32.4. The van der Waals surface area contributed by atoms with E-state index in [0.29, 0.717) is 5.56 Å². The van der Waals surface area contributed by atoms with Crippen LogP contribution in [0.15, 0.2) is 65.7 Å². The molecule has 3 aromatic rings. The van der Waals surface area contributed by atoms with Crippen molar-refractivity contribution in [3.63, 3.8) is 0 Å². The van der Waals surface area contributed by atoms with Crippen molar-refractivity contribution >= 4 is 18.4 Å². The van der Waals surface area contributed by atoms with Crippen LogP contribution in [0.3, 0.4) is 0 Å². The third kappa shape index (κ3) is 4.24. The molecular weight excluding hydrogens is 352 g/mol. The van der Waals surface area contributed by atoms with E-state index >= 15 is 0 Å². The summed E-state index contributed by atoms with van der Waals surface area (Å²) in [5.74, 6) is 0. The van der Waals surface area contributed by atoms with Gasteiger partial charge in [-0.3, -0.25) is 0 Å². The van der Waals surface area contributed by atoms with E-state index in [1.807, 2.05) is 24.3 Å². The number of pyridine rings is 1. The predicted octanol–water partition coefficient (Wildman–Crippen LogP) is 6.52. The van der Waals surface area contributed by atoms with Crippen molar-refractivity contribution < 1.29 is 0 Å². The van der Waals surface area contributed by atoms with Gasteiger partial charge in [0.15, 0.2) is 0 Å². The van der Waals surface area contributed by atoms with Crippen molar-refractivity contribution in [2.75, 3.05) is 0 Å². The second-order valence-corrected chi connectivity index (χ2v) is 16.4. The van der Waals surface area contributed by atoms with Crippen LogP contribution in [0.5, 0.6) is 0 Å². The van der Waals surface area contributed by atoms with Gasteiger partial charge in [-0.1, -0.05) is 79.8 Å². The lowest BCUT2D eigenvalue weighted by atomic mass is 9.99. The van der Waals surface area contributed by atoms with E-state index in [9.17, 15) is 5.26 Å². The molecule has 0 amide bonds. The maximum absolute atomic E-state index is 9.87. The number of hydrogen-bond donors (Lipinski definition) is 0. The summed E-state index contributed by atoms with van der Waals surface area (Å²) in [4.78, 5) is 4.89. The Morgan fingerprint density at radius 1 is 0.923 bits per heavy atom. The van der Waals surface area contributed by atoms with Crippen molar-refractivity contribution in [3.8, 4) is 28.5 Å². The van der Waals surface area contributed by atoms with Crippen LogP contribution in [0.2, 0.25) is 19.6 Å². The quantitative estimate of drug-likeness (QED) is 0.488. The minimum atomic E-state index is -1.50. The lowest BCUT2D eigenvalue weighted by Gasteiger charge is -2.18. The van der Waals surface area contributed by atoms with E-state index < -0.39 is 7.22 Å². The second-order valence-electron chi connectivity index (χ2n) is 7.29. The first-order valence-electron chi connectivity index (χ1n) is 8.64. The van der Waals surface area contributed by atoms with E-state index in [1.165, 1.54) is 5.56 Å². The lowest BCUT2D eigenvalue weighted by molar-refractivity contribution is 1.12. The molecule has 0 spiro atoms. The molecule has 2 nitrogen and oxygen atoms in total. The highest BCUT2D eigenvalue weighted by Gasteiger charge is 2.22. The van der Waals surface area contributed by atoms with Gasteiger partial charge in [0.1, 0.15) is 18.3 Å². The summed E-state index contributed by atoms with van der Waals surface area (Å²) in [6.45, 7) is 8.92. The van der Waals surface area contributed by atoms with Crippen molar-refractivity contribution in [1.82, 2.24) is 4.98 Å². The Morgan fingerprint density at radius 2 is 1.58 bits per heavy atom. The number of aryl methyl sites for hydroxylation is 1. The first-order chi connectivity index (χ1) is 12.4. The highest BCUT2D eigenvalue weighted by Crippen LogP contribution is 2.37. The molecular formula is C22H22N2SSi. The molecule has 2 aromatic carbocycles. The van der Waals surface area contributed by atoms with E-state index in [0.717, 1.165) is 27.4 Å². The lowest BCUT2D eigenvalue weighted by Crippen LogP contribution is -2.15. The van der Waals surface area contributed by atoms with Crippen molar-refractivity contribution in [2.45, 2.75) is 31.6 Å². The third-order valence-corrected chi connectivity index (χ3v) is 7.45. The van der Waals surface area contributed by atoms with E-state index in [4.69, 9.17) is 4.98 Å². The molecule has 0 aliphatic rings. The SMILES string of the molecule is Cc1ccc(-c2cc(-c3ccccc3)c(C#N)c(S[Si](C)(C)C)n2)cc1. The number of hydrogen-bond acceptors (Lipinski definition) is 3. The fourth-order valence-electron chi connectivity index (χ4n) is 2.71. The molecule has 1 heterocycles. The average molecular weight is 375 g/mol. The standard InChI is InChI=1S/C22H22N2SSi/c1-16-10-12-18(13-11-16)21-14-19(17-8-6-5-7-9-17)20(15-23)22(24-21)25-26(2,3)4/h5-14H,1-4H3. The van der Waals surface area contributed by atoms with E-state index in [-0.39, 0.29) is 0 Å². The molecule has 26 heavy (non-hydrogen) atoms. The van der Waals surface area contributed by atoms with Crippen molar-refractivity contribution in [1.29, 1.82) is 5.26 Å². The van der Waals surface area contributed by atoms with Crippen LogP contribution in [0, 0.1) is 18.3 Å². The topological polar surface area (TPSA) is 36.7 Å². The highest BCUT2D eigenvalue weighted by molar-refractivity contribution is 8.28. The van der Waals surface area contributed by atoms with Gasteiger partial charge in [0, 0.05) is 11.1 Å². The molecule has 3 rings (SSSR count). The molecule has 130 valence electrons. The van der Waals surface area contributed by atoms with Crippen LogP contribution in [0.1, 0.15) is 11.1 Å². The van der Waals surface area contributed by atoms with Crippen molar-refractivity contribution in [2.24, 2.45) is 0 Å². The summed E-state index contributed by atoms with van der Waals surface area (Å²) in [7, 11) is -1.50. The van der Waals surface area contributed by atoms with Crippen LogP contribution in [0.4, 0.5) is 0 Å². The first-order valence-corrected chi connectivity index (χ1v) is 13.7. The maximum Gasteiger partial charge on any atom is 0.116 e. The van der Waals surface area contributed by atoms with E-state index in [2.05, 4.69) is 69.0 Å². The number of rotatable bonds is 4. The molecule has 0 bridgehead atoms. The van der Waals surface area contributed by atoms with Gasteiger partial charge in [0.25, 0.3) is 0 Å². The Kier molecular flexibility index (Phi) is 5.31. The summed E-state index contributed by atoms with van der Waals surface area (Å²) < 4.78 is 0. The zero-order valence-corrected chi connectivity index (χ0v) is 17.4. The summed E-state index contributed by atoms with van der Waals surface area (Å²) >= 11 is 1.78. The summed E-state index contributed by atoms with van der Waals surface area (Å²) in [6.07, 6.45) is 0. The summed E-state index contributed by atoms with van der Waals surface area (Å²) in [5.41, 5.74) is 5.91. The fraction of sp³-hybridized carbons (Fsp3) is 0.182. The number of nitrogens with zero attached hydrogens (tertiary/aromatic N) is 2. The largest absolute Gasteiger partial charge is 0.241 e. The molecule has 0 saturated heterocycles. The van der Waals surface area contributed by atoms with Gasteiger partial charge in [-0.2, -0.15) is 5.26 Å². The predicted molar refractivity (Wildman–Crippen MR) is 114 cm³/mol. The second kappa shape index (κ2) is 7.49. The van der Waals surface area contributed by atoms with Gasteiger partial charge < -0.3 is 0 Å². The van der Waals surface area contributed by atoms with Crippen LogP contribution in [-0.4, -0.2) is 12.2 Å². The molecule has 0 aliphatic carbocycles. The molecule has 1 aromatic heterocycles. The summed E-state index contributed by atoms with van der Waals surface area (Å²) in [5, 5.41) is 10.7. The van der Waals surface area contributed by atoms with Gasteiger partial charge in [-0.15, -0.1) is 11.2 Å². The Labute approximate surface area is 160 Å². The van der Waals surface area contributed by atoms with Crippen molar-refractivity contribution in [3.05, 3.63) is 71.8 Å². The van der Waals surface area contributed by atoms with Crippen LogP contribution in [-0.2, 0) is 0 Å². The molecule has 0 saturated carbocycles. The van der Waals surface area contributed by atoms with Gasteiger partial charge in [0.05, 0.1) is 11.3 Å². The molecule has 0 unspecified atom stereocenters. The number of benzene rings is 2. The molecule has 0 aliphatic heterocycles. The average Bonchev–Trinajstić information content (AvgIpc) is 2.61. The van der Waals surface area contributed by atoms with Gasteiger partial charge >= 0.3 is 0 Å². The Bertz CT molecular complexity index is 952. The molecule has 4 heteroatoms. The number of nitriles is 1. The molecule has 0 N–H and O–H groups in total. The zero-order valence-electron chi connectivity index (χ0n) is 15.6. The van der Waals surface area contributed by atoms with E-state index in [1.54, 1.807) is 11.2 Å². The van der Waals surface area contributed by atoms with Crippen LogP contribution < -0.4 is 0 Å². The number of aromatic nitrogens is 1.